The van der Waals surface area contributed by atoms with Crippen molar-refractivity contribution >= 4 is 6.09 Å². The molecular formula is C26H32N4O2. The fourth-order valence-electron chi connectivity index (χ4n) is 4.60. The van der Waals surface area contributed by atoms with Gasteiger partial charge in [-0.1, -0.05) is 60.7 Å². The molecule has 2 aromatic carbocycles. The normalized spacial score (nSPS) is 19.4. The summed E-state index contributed by atoms with van der Waals surface area (Å²) >= 11 is 0. The van der Waals surface area contributed by atoms with Crippen molar-refractivity contribution in [3.05, 3.63) is 78.2 Å². The lowest BCUT2D eigenvalue weighted by Gasteiger charge is -2.34. The highest BCUT2D eigenvalue weighted by molar-refractivity contribution is 5.65. The Morgan fingerprint density at radius 3 is 2.41 bits per heavy atom. The third-order valence-electron chi connectivity index (χ3n) is 6.58. The maximum atomic E-state index is 11.2. The number of hydrogen-bond acceptors (Lipinski definition) is 3. The molecule has 1 atom stereocenters. The average molecular weight is 433 g/mol. The summed E-state index contributed by atoms with van der Waals surface area (Å²) in [6.45, 7) is 0.834. The van der Waals surface area contributed by atoms with E-state index in [4.69, 9.17) is 4.98 Å². The van der Waals surface area contributed by atoms with Crippen LogP contribution in [0, 0.1) is 0 Å². The maximum Gasteiger partial charge on any atom is 0.407 e. The van der Waals surface area contributed by atoms with Gasteiger partial charge in [-0.15, -0.1) is 0 Å². The van der Waals surface area contributed by atoms with Crippen LogP contribution in [0.15, 0.2) is 66.9 Å². The van der Waals surface area contributed by atoms with Crippen LogP contribution in [0.1, 0.15) is 43.0 Å². The Hall–Kier alpha value is -3.12. The van der Waals surface area contributed by atoms with Gasteiger partial charge >= 0.3 is 6.09 Å². The van der Waals surface area contributed by atoms with E-state index in [9.17, 15) is 9.90 Å². The Kier molecular flexibility index (Phi) is 7.22. The number of benzene rings is 2. The minimum Gasteiger partial charge on any atom is -0.465 e. The molecule has 6 heteroatoms. The van der Waals surface area contributed by atoms with Gasteiger partial charge < -0.3 is 20.3 Å². The second kappa shape index (κ2) is 10.5. The number of rotatable bonds is 8. The van der Waals surface area contributed by atoms with Crippen LogP contribution in [-0.2, 0) is 6.42 Å². The Labute approximate surface area is 189 Å². The van der Waals surface area contributed by atoms with E-state index < -0.39 is 6.09 Å². The summed E-state index contributed by atoms with van der Waals surface area (Å²) in [5.41, 5.74) is 3.38. The highest BCUT2D eigenvalue weighted by Gasteiger charge is 2.27. The van der Waals surface area contributed by atoms with Gasteiger partial charge in [0, 0.05) is 43.4 Å². The van der Waals surface area contributed by atoms with Crippen molar-refractivity contribution in [3.63, 3.8) is 0 Å². The molecule has 0 radical (unpaired) electrons. The molecule has 4 rings (SSSR count). The monoisotopic (exact) mass is 432 g/mol. The highest BCUT2D eigenvalue weighted by Crippen LogP contribution is 2.25. The minimum absolute atomic E-state index is 0.129. The minimum atomic E-state index is -0.837. The summed E-state index contributed by atoms with van der Waals surface area (Å²) in [6.07, 6.45) is 5.87. The fourth-order valence-corrected chi connectivity index (χ4v) is 4.60. The van der Waals surface area contributed by atoms with Gasteiger partial charge in [0.1, 0.15) is 5.82 Å². The predicted octanol–water partition coefficient (Wildman–Crippen LogP) is 4.91. The van der Waals surface area contributed by atoms with Crippen LogP contribution in [0.3, 0.4) is 0 Å². The topological polar surface area (TPSA) is 81.2 Å². The van der Waals surface area contributed by atoms with Crippen molar-refractivity contribution in [2.24, 2.45) is 0 Å². The zero-order chi connectivity index (χ0) is 22.3. The summed E-state index contributed by atoms with van der Waals surface area (Å²) in [4.78, 5) is 21.0. The van der Waals surface area contributed by atoms with E-state index in [2.05, 4.69) is 46.7 Å². The maximum absolute atomic E-state index is 11.2. The number of aromatic amines is 1. The molecule has 1 aromatic heterocycles. The number of amides is 1. The largest absolute Gasteiger partial charge is 0.465 e. The first-order valence-electron chi connectivity index (χ1n) is 11.4. The first-order chi connectivity index (χ1) is 15.6. The van der Waals surface area contributed by atoms with Crippen molar-refractivity contribution in [2.75, 3.05) is 13.6 Å². The van der Waals surface area contributed by atoms with Crippen LogP contribution in [0.25, 0.3) is 11.3 Å². The van der Waals surface area contributed by atoms with Crippen molar-refractivity contribution in [1.82, 2.24) is 20.2 Å². The van der Waals surface area contributed by atoms with Gasteiger partial charge in [-0.25, -0.2) is 9.78 Å². The first-order valence-corrected chi connectivity index (χ1v) is 11.4. The molecule has 1 fully saturated rings. The summed E-state index contributed by atoms with van der Waals surface area (Å²) in [5, 5.41) is 13.0. The van der Waals surface area contributed by atoms with Gasteiger partial charge in [0.15, 0.2) is 0 Å². The lowest BCUT2D eigenvalue weighted by Crippen LogP contribution is -2.43. The summed E-state index contributed by atoms with van der Waals surface area (Å²) in [5.74, 6) is 1.23. The Morgan fingerprint density at radius 1 is 1.09 bits per heavy atom. The molecule has 1 aliphatic carbocycles. The highest BCUT2D eigenvalue weighted by atomic mass is 16.4. The number of carboxylic acid groups (broad SMARTS) is 1. The molecule has 168 valence electrons. The van der Waals surface area contributed by atoms with E-state index in [0.29, 0.717) is 6.04 Å². The van der Waals surface area contributed by atoms with Gasteiger partial charge in [-0.2, -0.15) is 0 Å². The van der Waals surface area contributed by atoms with Crippen molar-refractivity contribution in [2.45, 2.75) is 50.1 Å². The number of carbonyl (C=O) groups is 1. The van der Waals surface area contributed by atoms with Gasteiger partial charge in [0.05, 0.1) is 5.69 Å². The second-order valence-corrected chi connectivity index (χ2v) is 8.73. The molecule has 1 unspecified atom stereocenters. The van der Waals surface area contributed by atoms with Crippen LogP contribution in [0.2, 0.25) is 0 Å². The molecule has 1 saturated carbocycles. The molecule has 0 bridgehead atoms. The second-order valence-electron chi connectivity index (χ2n) is 8.73. The molecule has 3 aromatic rings. The van der Waals surface area contributed by atoms with E-state index in [1.807, 2.05) is 30.5 Å². The van der Waals surface area contributed by atoms with Crippen LogP contribution >= 0.6 is 0 Å². The zero-order valence-corrected chi connectivity index (χ0v) is 18.6. The fraction of sp³-hybridized carbons (Fsp3) is 0.385. The number of imidazole rings is 1. The van der Waals surface area contributed by atoms with E-state index in [-0.39, 0.29) is 12.0 Å². The summed E-state index contributed by atoms with van der Waals surface area (Å²) < 4.78 is 0. The van der Waals surface area contributed by atoms with E-state index in [1.54, 1.807) is 7.05 Å². The molecule has 32 heavy (non-hydrogen) atoms. The Balaban J connectivity index is 1.42. The van der Waals surface area contributed by atoms with Gasteiger partial charge in [-0.05, 0) is 37.7 Å². The number of nitrogens with one attached hydrogen (secondary N) is 2. The molecule has 1 heterocycles. The number of hydrogen-bond donors (Lipinski definition) is 3. The number of nitrogens with zero attached hydrogens (tertiary/aromatic N) is 2. The lowest BCUT2D eigenvalue weighted by molar-refractivity contribution is 0.122. The molecule has 0 aliphatic heterocycles. The van der Waals surface area contributed by atoms with Gasteiger partial charge in [0.2, 0.25) is 0 Å². The molecule has 1 amide bonds. The molecule has 0 spiro atoms. The van der Waals surface area contributed by atoms with Crippen LogP contribution < -0.4 is 5.32 Å². The molecular weight excluding hydrogens is 400 g/mol. The molecule has 1 aliphatic rings. The van der Waals surface area contributed by atoms with Crippen LogP contribution in [0.5, 0.6) is 0 Å². The van der Waals surface area contributed by atoms with E-state index >= 15 is 0 Å². The predicted molar refractivity (Wildman–Crippen MR) is 127 cm³/mol. The number of H-pyrrole nitrogens is 1. The molecule has 3 N–H and O–H groups in total. The molecule has 6 nitrogen and oxygen atoms in total. The average Bonchev–Trinajstić information content (AvgIpc) is 3.33. The third kappa shape index (κ3) is 5.56. The first kappa shape index (κ1) is 22.1. The summed E-state index contributed by atoms with van der Waals surface area (Å²) in [6, 6.07) is 21.3. The third-order valence-corrected chi connectivity index (χ3v) is 6.58. The van der Waals surface area contributed by atoms with E-state index in [1.165, 1.54) is 10.5 Å². The SMILES string of the molecule is CN(C(=O)O)[C@H]1CC[C@H](NCC(Cc2ccccc2)c2nc(-c3ccccc3)c[nH]2)CC1. The smallest absolute Gasteiger partial charge is 0.407 e. The Bertz CT molecular complexity index is 981. The van der Waals surface area contributed by atoms with Crippen LogP contribution in [0.4, 0.5) is 4.79 Å². The van der Waals surface area contributed by atoms with Crippen molar-refractivity contribution in [1.29, 1.82) is 0 Å². The van der Waals surface area contributed by atoms with Crippen LogP contribution in [-0.4, -0.2) is 51.7 Å². The van der Waals surface area contributed by atoms with Gasteiger partial charge in [0.25, 0.3) is 0 Å². The standard InChI is InChI=1S/C26H32N4O2/c1-30(26(31)32)23-14-12-22(13-15-23)27-17-21(16-19-8-4-2-5-9-19)25-28-18-24(29-25)20-10-6-3-7-11-20/h2-11,18,21-23,27H,12-17H2,1H3,(H,28,29)(H,31,32)/t21?,22-,23-. The Morgan fingerprint density at radius 2 is 1.75 bits per heavy atom. The van der Waals surface area contributed by atoms with Crippen molar-refractivity contribution in [3.8, 4) is 11.3 Å². The quantitative estimate of drug-likeness (QED) is 0.472. The van der Waals surface area contributed by atoms with E-state index in [0.717, 1.165) is 55.7 Å². The number of aromatic nitrogens is 2. The summed E-state index contributed by atoms with van der Waals surface area (Å²) in [7, 11) is 1.68. The van der Waals surface area contributed by atoms with Gasteiger partial charge in [-0.3, -0.25) is 0 Å². The lowest BCUT2D eigenvalue weighted by atomic mass is 9.89. The van der Waals surface area contributed by atoms with Crippen molar-refractivity contribution < 1.29 is 9.90 Å². The molecule has 0 saturated heterocycles. The zero-order valence-electron chi connectivity index (χ0n) is 18.6.